The average molecular weight is 442 g/mol. The topological polar surface area (TPSA) is 85.2 Å². The van der Waals surface area contributed by atoms with Gasteiger partial charge in [0.2, 0.25) is 0 Å². The summed E-state index contributed by atoms with van der Waals surface area (Å²) in [5.41, 5.74) is 1.67. The van der Waals surface area contributed by atoms with Crippen LogP contribution in [0.2, 0.25) is 0 Å². The van der Waals surface area contributed by atoms with Gasteiger partial charge in [-0.3, -0.25) is 9.54 Å². The van der Waals surface area contributed by atoms with Crippen LogP contribution in [0.1, 0.15) is 51.3 Å². The molecule has 0 aliphatic carbocycles. The molecular weight excluding hydrogens is 414 g/mol. The van der Waals surface area contributed by atoms with Crippen LogP contribution in [-0.4, -0.2) is 19.4 Å². The predicted octanol–water partition coefficient (Wildman–Crippen LogP) is 5.94. The minimum atomic E-state index is -4.08. The highest BCUT2D eigenvalue weighted by Crippen LogP contribution is 2.38. The van der Waals surface area contributed by atoms with Gasteiger partial charge in [-0.2, -0.15) is 8.42 Å². The molecule has 0 heterocycles. The zero-order chi connectivity index (χ0) is 22.6. The van der Waals surface area contributed by atoms with Gasteiger partial charge in [-0.1, -0.05) is 86.6 Å². The number of rotatable bonds is 8. The maximum absolute atomic E-state index is 12.7. The first-order valence-electron chi connectivity index (χ1n) is 10.1. The molecule has 0 aliphatic heterocycles. The maximum Gasteiger partial charge on any atom is 0.359 e. The molecule has 0 spiro atoms. The molecule has 7 heteroatoms. The largest absolute Gasteiger partial charge is 0.359 e. The third-order valence-corrected chi connectivity index (χ3v) is 6.81. The number of oxime groups is 1. The minimum absolute atomic E-state index is 0.0715. The lowest BCUT2D eigenvalue weighted by Crippen LogP contribution is -2.23. The van der Waals surface area contributed by atoms with Crippen molar-refractivity contribution in [2.75, 3.05) is 0 Å². The Morgan fingerprint density at radius 1 is 1.03 bits per heavy atom. The second-order valence-electron chi connectivity index (χ2n) is 8.13. The quantitative estimate of drug-likeness (QED) is 0.266. The maximum atomic E-state index is 12.7. The minimum Gasteiger partial charge on any atom is -0.264 e. The highest BCUT2D eigenvalue weighted by Gasteiger charge is 2.30. The van der Waals surface area contributed by atoms with E-state index in [1.165, 1.54) is 6.07 Å². The van der Waals surface area contributed by atoms with Crippen LogP contribution in [0, 0.1) is 5.41 Å². The summed E-state index contributed by atoms with van der Waals surface area (Å²) in [5, 5.41) is 14.6. The third-order valence-electron chi connectivity index (χ3n) is 5.65. The summed E-state index contributed by atoms with van der Waals surface area (Å²) in [7, 11) is -4.08. The smallest absolute Gasteiger partial charge is 0.264 e. The van der Waals surface area contributed by atoms with Gasteiger partial charge in [-0.15, -0.1) is 0 Å². The molecule has 31 heavy (non-hydrogen) atoms. The summed E-state index contributed by atoms with van der Waals surface area (Å²) in [5.74, 6) is 0. The normalized spacial score (nSPS) is 13.9. The van der Waals surface area contributed by atoms with Crippen LogP contribution in [0.3, 0.4) is 0 Å². The van der Waals surface area contributed by atoms with Crippen LogP contribution in [0.5, 0.6) is 0 Å². The van der Waals surface area contributed by atoms with Crippen molar-refractivity contribution in [1.29, 1.82) is 0 Å². The first-order chi connectivity index (χ1) is 14.7. The Morgan fingerprint density at radius 3 is 2.32 bits per heavy atom. The van der Waals surface area contributed by atoms with Gasteiger partial charge in [0.25, 0.3) is 0 Å². The van der Waals surface area contributed by atoms with Crippen molar-refractivity contribution in [2.24, 2.45) is 10.6 Å². The van der Waals surface area contributed by atoms with E-state index in [0.717, 1.165) is 17.4 Å². The molecule has 0 saturated heterocycles. The first kappa shape index (κ1) is 22.9. The van der Waals surface area contributed by atoms with E-state index in [1.807, 2.05) is 51.1 Å². The molecule has 1 atom stereocenters. The second kappa shape index (κ2) is 9.18. The standard InChI is InChI=1S/C24H27NO5S/c1-5-24(3,4)23(29-26)20-15-13-18(14-16-20)17(2)25-30-31(27,28)22-12-8-10-19-9-6-7-11-21(19)22/h6-16,23,26H,5H2,1-4H3/b25-17-. The van der Waals surface area contributed by atoms with E-state index < -0.39 is 16.2 Å². The Balaban J connectivity index is 1.83. The van der Waals surface area contributed by atoms with Gasteiger partial charge in [0.05, 0.1) is 5.71 Å². The van der Waals surface area contributed by atoms with E-state index in [0.29, 0.717) is 16.7 Å². The zero-order valence-corrected chi connectivity index (χ0v) is 18.9. The third kappa shape index (κ3) is 4.95. The number of benzene rings is 3. The van der Waals surface area contributed by atoms with Crippen molar-refractivity contribution in [2.45, 2.75) is 45.1 Å². The van der Waals surface area contributed by atoms with Gasteiger partial charge in [0, 0.05) is 5.39 Å². The Kier molecular flexibility index (Phi) is 6.79. The van der Waals surface area contributed by atoms with Crippen LogP contribution >= 0.6 is 0 Å². The fourth-order valence-electron chi connectivity index (χ4n) is 3.35. The fraction of sp³-hybridized carbons (Fsp3) is 0.292. The molecule has 3 aromatic carbocycles. The molecular formula is C24H27NO5S. The van der Waals surface area contributed by atoms with Gasteiger partial charge in [-0.05, 0) is 41.3 Å². The molecule has 0 aromatic heterocycles. The molecule has 3 aromatic rings. The van der Waals surface area contributed by atoms with Crippen molar-refractivity contribution < 1.29 is 22.8 Å². The van der Waals surface area contributed by atoms with E-state index in [9.17, 15) is 13.7 Å². The molecule has 0 amide bonds. The Morgan fingerprint density at radius 2 is 1.68 bits per heavy atom. The second-order valence-corrected chi connectivity index (χ2v) is 9.63. The SMILES string of the molecule is CCC(C)(C)C(OO)c1ccc(/C(C)=N\OS(=O)(=O)c2cccc3ccccc23)cc1. The molecule has 3 rings (SSSR count). The first-order valence-corrected chi connectivity index (χ1v) is 11.5. The van der Waals surface area contributed by atoms with E-state index in [1.54, 1.807) is 37.3 Å². The molecule has 0 aliphatic rings. The summed E-state index contributed by atoms with van der Waals surface area (Å²) in [6, 6.07) is 19.4. The highest BCUT2D eigenvalue weighted by molar-refractivity contribution is 7.87. The van der Waals surface area contributed by atoms with Crippen molar-refractivity contribution in [1.82, 2.24) is 0 Å². The van der Waals surface area contributed by atoms with Crippen LogP contribution in [0.15, 0.2) is 76.8 Å². The van der Waals surface area contributed by atoms with Crippen molar-refractivity contribution >= 4 is 26.6 Å². The summed E-state index contributed by atoms with van der Waals surface area (Å²) >= 11 is 0. The van der Waals surface area contributed by atoms with Crippen molar-refractivity contribution in [3.63, 3.8) is 0 Å². The van der Waals surface area contributed by atoms with E-state index in [4.69, 9.17) is 9.17 Å². The molecule has 1 N–H and O–H groups in total. The van der Waals surface area contributed by atoms with Crippen LogP contribution < -0.4 is 0 Å². The monoisotopic (exact) mass is 441 g/mol. The van der Waals surface area contributed by atoms with Gasteiger partial charge in [0.15, 0.2) is 0 Å². The van der Waals surface area contributed by atoms with Gasteiger partial charge in [-0.25, -0.2) is 4.89 Å². The van der Waals surface area contributed by atoms with E-state index in [-0.39, 0.29) is 10.3 Å². The lowest BCUT2D eigenvalue weighted by Gasteiger charge is -2.31. The van der Waals surface area contributed by atoms with Crippen LogP contribution in [-0.2, 0) is 19.3 Å². The van der Waals surface area contributed by atoms with Gasteiger partial charge >= 0.3 is 10.1 Å². The van der Waals surface area contributed by atoms with Gasteiger partial charge < -0.3 is 0 Å². The lowest BCUT2D eigenvalue weighted by molar-refractivity contribution is -0.305. The van der Waals surface area contributed by atoms with Crippen LogP contribution in [0.4, 0.5) is 0 Å². The lowest BCUT2D eigenvalue weighted by atomic mass is 9.80. The molecule has 164 valence electrons. The summed E-state index contributed by atoms with van der Waals surface area (Å²) in [6.07, 6.45) is 0.340. The summed E-state index contributed by atoms with van der Waals surface area (Å²) in [6.45, 7) is 7.73. The Bertz CT molecular complexity index is 1180. The zero-order valence-electron chi connectivity index (χ0n) is 18.1. The van der Waals surface area contributed by atoms with Crippen molar-refractivity contribution in [3.8, 4) is 0 Å². The Hall–Kier alpha value is -2.74. The predicted molar refractivity (Wildman–Crippen MR) is 121 cm³/mol. The summed E-state index contributed by atoms with van der Waals surface area (Å²) < 4.78 is 30.5. The van der Waals surface area contributed by atoms with E-state index in [2.05, 4.69) is 5.16 Å². The molecule has 0 fully saturated rings. The van der Waals surface area contributed by atoms with Gasteiger partial charge in [0.1, 0.15) is 11.0 Å². The highest BCUT2D eigenvalue weighted by atomic mass is 32.2. The van der Waals surface area contributed by atoms with Crippen molar-refractivity contribution in [3.05, 3.63) is 77.9 Å². The average Bonchev–Trinajstić information content (AvgIpc) is 2.78. The molecule has 0 saturated carbocycles. The molecule has 0 bridgehead atoms. The summed E-state index contributed by atoms with van der Waals surface area (Å²) in [4.78, 5) is 4.81. The molecule has 0 radical (unpaired) electrons. The number of hydrogen-bond donors (Lipinski definition) is 1. The molecule has 1 unspecified atom stereocenters. The number of hydrogen-bond acceptors (Lipinski definition) is 6. The van der Waals surface area contributed by atoms with Crippen LogP contribution in [0.25, 0.3) is 10.8 Å². The van der Waals surface area contributed by atoms with E-state index >= 15 is 0 Å². The number of nitrogens with zero attached hydrogens (tertiary/aromatic N) is 1. The Labute approximate surface area is 183 Å². The number of fused-ring (bicyclic) bond motifs is 1. The molecule has 6 nitrogen and oxygen atoms in total. The fourth-order valence-corrected chi connectivity index (χ4v) is 4.34.